The van der Waals surface area contributed by atoms with Gasteiger partial charge in [-0.2, -0.15) is 0 Å². The first-order chi connectivity index (χ1) is 10.8. The van der Waals surface area contributed by atoms with Crippen LogP contribution in [0.25, 0.3) is 6.08 Å². The number of hydrogen-bond acceptors (Lipinski definition) is 3. The summed E-state index contributed by atoms with van der Waals surface area (Å²) in [6.45, 7) is 6.09. The van der Waals surface area contributed by atoms with Gasteiger partial charge in [0.25, 0.3) is 0 Å². The van der Waals surface area contributed by atoms with Crippen LogP contribution in [0.15, 0.2) is 35.9 Å². The van der Waals surface area contributed by atoms with Crippen LogP contribution in [0.2, 0.25) is 0 Å². The highest BCUT2D eigenvalue weighted by Gasteiger charge is 2.12. The molecule has 118 valence electrons. The second-order valence-electron chi connectivity index (χ2n) is 5.95. The van der Waals surface area contributed by atoms with Crippen LogP contribution in [0.3, 0.4) is 0 Å². The Bertz CT molecular complexity index is 557. The van der Waals surface area contributed by atoms with E-state index in [1.807, 2.05) is 6.07 Å². The molecule has 3 heteroatoms. The molecule has 3 nitrogen and oxygen atoms in total. The summed E-state index contributed by atoms with van der Waals surface area (Å²) in [6, 6.07) is 6.12. The Morgan fingerprint density at radius 1 is 1.14 bits per heavy atom. The molecular formula is C19H25NO2. The van der Waals surface area contributed by atoms with Gasteiger partial charge in [0.2, 0.25) is 6.79 Å². The molecule has 0 N–H and O–H groups in total. The average Bonchev–Trinajstić information content (AvgIpc) is 3.02. The quantitative estimate of drug-likeness (QED) is 0.759. The predicted molar refractivity (Wildman–Crippen MR) is 90.3 cm³/mol. The maximum atomic E-state index is 5.44. The first-order valence-electron chi connectivity index (χ1n) is 8.34. The van der Waals surface area contributed by atoms with Crippen molar-refractivity contribution in [2.45, 2.75) is 32.6 Å². The molecule has 2 heterocycles. The van der Waals surface area contributed by atoms with Gasteiger partial charge in [0.15, 0.2) is 11.5 Å². The molecule has 2 aliphatic heterocycles. The number of likely N-dealkylation sites (tertiary alicyclic amines) is 1. The monoisotopic (exact) mass is 299 g/mol. The van der Waals surface area contributed by atoms with E-state index >= 15 is 0 Å². The fraction of sp³-hybridized carbons (Fsp3) is 0.474. The minimum Gasteiger partial charge on any atom is -0.454 e. The van der Waals surface area contributed by atoms with Gasteiger partial charge < -0.3 is 9.47 Å². The Morgan fingerprint density at radius 3 is 2.77 bits per heavy atom. The van der Waals surface area contributed by atoms with Crippen LogP contribution >= 0.6 is 0 Å². The van der Waals surface area contributed by atoms with E-state index in [0.29, 0.717) is 6.79 Å². The predicted octanol–water partition coefficient (Wildman–Crippen LogP) is 4.25. The molecular weight excluding hydrogens is 274 g/mol. The van der Waals surface area contributed by atoms with Gasteiger partial charge in [0, 0.05) is 6.54 Å². The van der Waals surface area contributed by atoms with Gasteiger partial charge in [-0.25, -0.2) is 0 Å². The molecule has 0 aliphatic carbocycles. The lowest BCUT2D eigenvalue weighted by atomic mass is 10.1. The third-order valence-electron chi connectivity index (χ3n) is 4.30. The Labute approximate surface area is 133 Å². The molecule has 0 atom stereocenters. The molecule has 0 amide bonds. The lowest BCUT2D eigenvalue weighted by molar-refractivity contribution is 0.174. The zero-order valence-electron chi connectivity index (χ0n) is 13.4. The van der Waals surface area contributed by atoms with Crippen molar-refractivity contribution < 1.29 is 9.47 Å². The van der Waals surface area contributed by atoms with Crippen molar-refractivity contribution in [3.05, 3.63) is 41.5 Å². The average molecular weight is 299 g/mol. The minimum atomic E-state index is 0.332. The fourth-order valence-electron chi connectivity index (χ4n) is 2.98. The number of ether oxygens (including phenoxy) is 2. The Morgan fingerprint density at radius 2 is 1.95 bits per heavy atom. The molecule has 0 spiro atoms. The van der Waals surface area contributed by atoms with Gasteiger partial charge in [0.05, 0.1) is 0 Å². The van der Waals surface area contributed by atoms with Crippen molar-refractivity contribution in [1.82, 2.24) is 4.90 Å². The van der Waals surface area contributed by atoms with Crippen LogP contribution in [0.1, 0.15) is 38.2 Å². The Hall–Kier alpha value is -1.74. The van der Waals surface area contributed by atoms with Crippen LogP contribution in [0.5, 0.6) is 11.5 Å². The van der Waals surface area contributed by atoms with Crippen molar-refractivity contribution in [2.75, 3.05) is 26.4 Å². The summed E-state index contributed by atoms with van der Waals surface area (Å²) >= 11 is 0. The maximum absolute atomic E-state index is 5.44. The highest BCUT2D eigenvalue weighted by molar-refractivity contribution is 5.60. The van der Waals surface area contributed by atoms with Crippen LogP contribution in [0.4, 0.5) is 0 Å². The molecule has 0 unspecified atom stereocenters. The first-order valence-corrected chi connectivity index (χ1v) is 8.34. The highest BCUT2D eigenvalue weighted by atomic mass is 16.7. The minimum absolute atomic E-state index is 0.332. The standard InChI is InChI=1S/C19H25NO2/c1-2-16(7-6-12-20-10-4-3-5-11-20)13-17-8-9-18-19(14-17)22-15-21-18/h6-9,13-14H,2-5,10-12,15H2,1H3/b7-6+,16-13+. The fourth-order valence-corrected chi connectivity index (χ4v) is 2.98. The van der Waals surface area contributed by atoms with E-state index in [9.17, 15) is 0 Å². The summed E-state index contributed by atoms with van der Waals surface area (Å²) in [4.78, 5) is 2.54. The molecule has 1 aromatic rings. The number of benzene rings is 1. The second-order valence-corrected chi connectivity index (χ2v) is 5.95. The summed E-state index contributed by atoms with van der Waals surface area (Å²) in [5.41, 5.74) is 2.51. The van der Waals surface area contributed by atoms with Crippen molar-refractivity contribution in [1.29, 1.82) is 0 Å². The summed E-state index contributed by atoms with van der Waals surface area (Å²) < 4.78 is 10.8. The summed E-state index contributed by atoms with van der Waals surface area (Å²) in [6.07, 6.45) is 11.9. The lowest BCUT2D eigenvalue weighted by Gasteiger charge is -2.24. The van der Waals surface area contributed by atoms with Gasteiger partial charge in [-0.05, 0) is 55.6 Å². The van der Waals surface area contributed by atoms with Crippen molar-refractivity contribution >= 4 is 6.08 Å². The zero-order valence-corrected chi connectivity index (χ0v) is 13.4. The number of piperidine rings is 1. The molecule has 1 fully saturated rings. The van der Waals surface area contributed by atoms with E-state index in [4.69, 9.17) is 9.47 Å². The number of nitrogens with zero attached hydrogens (tertiary/aromatic N) is 1. The van der Waals surface area contributed by atoms with E-state index < -0.39 is 0 Å². The van der Waals surface area contributed by atoms with Crippen molar-refractivity contribution in [3.63, 3.8) is 0 Å². The molecule has 2 aliphatic rings. The number of fused-ring (bicyclic) bond motifs is 1. The van der Waals surface area contributed by atoms with E-state index in [1.54, 1.807) is 0 Å². The third kappa shape index (κ3) is 3.92. The summed E-state index contributed by atoms with van der Waals surface area (Å²) in [5.74, 6) is 1.69. The molecule has 0 radical (unpaired) electrons. The van der Waals surface area contributed by atoms with Crippen LogP contribution < -0.4 is 9.47 Å². The number of hydrogen-bond donors (Lipinski definition) is 0. The van der Waals surface area contributed by atoms with Crippen LogP contribution in [-0.2, 0) is 0 Å². The zero-order chi connectivity index (χ0) is 15.2. The second kappa shape index (κ2) is 7.50. The van der Waals surface area contributed by atoms with E-state index in [0.717, 1.165) is 24.5 Å². The smallest absolute Gasteiger partial charge is 0.231 e. The highest BCUT2D eigenvalue weighted by Crippen LogP contribution is 2.33. The molecule has 3 rings (SSSR count). The van der Waals surface area contributed by atoms with E-state index in [1.165, 1.54) is 43.5 Å². The molecule has 1 saturated heterocycles. The van der Waals surface area contributed by atoms with Gasteiger partial charge in [0.1, 0.15) is 0 Å². The first kappa shape index (κ1) is 15.2. The van der Waals surface area contributed by atoms with E-state index in [-0.39, 0.29) is 0 Å². The molecule has 1 aromatic carbocycles. The lowest BCUT2D eigenvalue weighted by Crippen LogP contribution is -2.29. The Balaban J connectivity index is 1.62. The van der Waals surface area contributed by atoms with Crippen molar-refractivity contribution in [2.24, 2.45) is 0 Å². The number of rotatable bonds is 5. The van der Waals surface area contributed by atoms with Crippen molar-refractivity contribution in [3.8, 4) is 11.5 Å². The maximum Gasteiger partial charge on any atom is 0.231 e. The van der Waals surface area contributed by atoms with E-state index in [2.05, 4.69) is 42.2 Å². The van der Waals surface area contributed by atoms with Crippen LogP contribution in [-0.4, -0.2) is 31.3 Å². The van der Waals surface area contributed by atoms with Gasteiger partial charge in [-0.3, -0.25) is 4.90 Å². The molecule has 0 aromatic heterocycles. The normalized spacial score (nSPS) is 19.0. The van der Waals surface area contributed by atoms with Crippen LogP contribution in [0, 0.1) is 0 Å². The van der Waals surface area contributed by atoms with Gasteiger partial charge in [-0.1, -0.05) is 37.6 Å². The molecule has 22 heavy (non-hydrogen) atoms. The molecule has 0 bridgehead atoms. The largest absolute Gasteiger partial charge is 0.454 e. The summed E-state index contributed by atoms with van der Waals surface area (Å²) in [7, 11) is 0. The topological polar surface area (TPSA) is 21.7 Å². The molecule has 0 saturated carbocycles. The summed E-state index contributed by atoms with van der Waals surface area (Å²) in [5, 5.41) is 0. The van der Waals surface area contributed by atoms with Gasteiger partial charge in [-0.15, -0.1) is 0 Å². The Kier molecular flexibility index (Phi) is 5.17. The van der Waals surface area contributed by atoms with Gasteiger partial charge >= 0.3 is 0 Å². The number of allylic oxidation sites excluding steroid dienone is 2. The SMILES string of the molecule is CCC(/C=C/CN1CCCCC1)=C\c1ccc2c(c1)OCO2. The third-order valence-corrected chi connectivity index (χ3v) is 4.30.